The van der Waals surface area contributed by atoms with E-state index in [1.54, 1.807) is 19.1 Å². The minimum absolute atomic E-state index is 0.0723. The summed E-state index contributed by atoms with van der Waals surface area (Å²) in [5, 5.41) is 0.717. The molecule has 1 unspecified atom stereocenters. The van der Waals surface area contributed by atoms with E-state index < -0.39 is 10.0 Å². The Bertz CT molecular complexity index is 913. The van der Waals surface area contributed by atoms with Crippen LogP contribution in [0.3, 0.4) is 0 Å². The van der Waals surface area contributed by atoms with Crippen molar-refractivity contribution in [1.29, 1.82) is 0 Å². The van der Waals surface area contributed by atoms with Gasteiger partial charge in [-0.1, -0.05) is 36.7 Å². The van der Waals surface area contributed by atoms with Crippen LogP contribution in [0.15, 0.2) is 53.4 Å². The summed E-state index contributed by atoms with van der Waals surface area (Å²) in [6.07, 6.45) is 2.61. The predicted molar refractivity (Wildman–Crippen MR) is 107 cm³/mol. The van der Waals surface area contributed by atoms with Crippen molar-refractivity contribution in [1.82, 2.24) is 9.62 Å². The van der Waals surface area contributed by atoms with Gasteiger partial charge in [-0.25, -0.2) is 13.1 Å². The molecule has 144 valence electrons. The fraction of sp³-hybridized carbons (Fsp3) is 0.350. The van der Waals surface area contributed by atoms with E-state index in [1.807, 2.05) is 29.2 Å². The highest BCUT2D eigenvalue weighted by Gasteiger charge is 2.30. The summed E-state index contributed by atoms with van der Waals surface area (Å²) < 4.78 is 26.5. The Morgan fingerprint density at radius 3 is 2.56 bits per heavy atom. The number of hydrogen-bond donors (Lipinski definition) is 1. The second kappa shape index (κ2) is 8.42. The van der Waals surface area contributed by atoms with E-state index in [4.69, 9.17) is 11.6 Å². The fourth-order valence-corrected chi connectivity index (χ4v) is 4.70. The van der Waals surface area contributed by atoms with E-state index in [0.717, 1.165) is 29.8 Å². The Balaban J connectivity index is 1.75. The molecule has 1 atom stereocenters. The summed E-state index contributed by atoms with van der Waals surface area (Å²) in [7, 11) is -3.52. The summed E-state index contributed by atoms with van der Waals surface area (Å²) in [6.45, 7) is 2.74. The van der Waals surface area contributed by atoms with Crippen molar-refractivity contribution in [3.8, 4) is 0 Å². The topological polar surface area (TPSA) is 66.5 Å². The maximum Gasteiger partial charge on any atom is 0.254 e. The van der Waals surface area contributed by atoms with Crippen molar-refractivity contribution < 1.29 is 13.2 Å². The Labute approximate surface area is 165 Å². The van der Waals surface area contributed by atoms with Crippen LogP contribution in [0.4, 0.5) is 0 Å². The molecule has 0 aromatic heterocycles. The molecule has 1 N–H and O–H groups in total. The molecule has 3 rings (SSSR count). The molecule has 1 fully saturated rings. The molecule has 1 aliphatic rings. The van der Waals surface area contributed by atoms with Crippen LogP contribution in [-0.2, 0) is 16.4 Å². The first-order valence-electron chi connectivity index (χ1n) is 9.06. The van der Waals surface area contributed by atoms with Gasteiger partial charge < -0.3 is 4.90 Å². The highest BCUT2D eigenvalue weighted by molar-refractivity contribution is 7.89. The van der Waals surface area contributed by atoms with Gasteiger partial charge in [0.2, 0.25) is 10.0 Å². The first-order valence-corrected chi connectivity index (χ1v) is 10.9. The molecule has 27 heavy (non-hydrogen) atoms. The highest BCUT2D eigenvalue weighted by Crippen LogP contribution is 2.26. The number of nitrogens with one attached hydrogen (secondary N) is 1. The van der Waals surface area contributed by atoms with Crippen LogP contribution in [0.1, 0.15) is 35.7 Å². The molecule has 1 aliphatic heterocycles. The monoisotopic (exact) mass is 406 g/mol. The highest BCUT2D eigenvalue weighted by atomic mass is 35.5. The molecule has 5 nitrogen and oxygen atoms in total. The zero-order chi connectivity index (χ0) is 19.4. The number of benzene rings is 2. The third kappa shape index (κ3) is 4.51. The van der Waals surface area contributed by atoms with Gasteiger partial charge in [0.1, 0.15) is 0 Å². The molecule has 1 saturated heterocycles. The van der Waals surface area contributed by atoms with E-state index in [2.05, 4.69) is 4.72 Å². The zero-order valence-corrected chi connectivity index (χ0v) is 16.8. The van der Waals surface area contributed by atoms with Crippen molar-refractivity contribution in [3.05, 3.63) is 64.7 Å². The SMILES string of the molecule is CCNS(=O)(=O)c1ccc(C(=O)N2CCCC2Cc2ccccc2Cl)cc1. The van der Waals surface area contributed by atoms with Gasteiger partial charge in [-0.05, 0) is 55.2 Å². The van der Waals surface area contributed by atoms with Crippen LogP contribution in [0.2, 0.25) is 5.02 Å². The van der Waals surface area contributed by atoms with Crippen molar-refractivity contribution in [2.75, 3.05) is 13.1 Å². The third-order valence-electron chi connectivity index (χ3n) is 4.80. The molecular formula is C20H23ClN2O3S. The average Bonchev–Trinajstić information content (AvgIpc) is 3.11. The molecule has 1 heterocycles. The molecule has 2 aromatic carbocycles. The maximum absolute atomic E-state index is 12.9. The quantitative estimate of drug-likeness (QED) is 0.798. The van der Waals surface area contributed by atoms with Gasteiger partial charge in [0.05, 0.1) is 4.90 Å². The number of amides is 1. The smallest absolute Gasteiger partial charge is 0.254 e. The largest absolute Gasteiger partial charge is 0.335 e. The minimum Gasteiger partial charge on any atom is -0.335 e. The first-order chi connectivity index (χ1) is 12.9. The van der Waals surface area contributed by atoms with Gasteiger partial charge >= 0.3 is 0 Å². The molecule has 0 bridgehead atoms. The van der Waals surface area contributed by atoms with E-state index in [-0.39, 0.29) is 16.8 Å². The number of halogens is 1. The van der Waals surface area contributed by atoms with Crippen LogP contribution in [0.5, 0.6) is 0 Å². The zero-order valence-electron chi connectivity index (χ0n) is 15.2. The van der Waals surface area contributed by atoms with E-state index in [9.17, 15) is 13.2 Å². The molecular weight excluding hydrogens is 384 g/mol. The van der Waals surface area contributed by atoms with Gasteiger partial charge in [0.25, 0.3) is 5.91 Å². The molecule has 1 amide bonds. The Morgan fingerprint density at radius 2 is 1.89 bits per heavy atom. The van der Waals surface area contributed by atoms with Gasteiger partial charge in [-0.2, -0.15) is 0 Å². The van der Waals surface area contributed by atoms with Gasteiger partial charge in [-0.15, -0.1) is 0 Å². The van der Waals surface area contributed by atoms with Gasteiger partial charge in [0.15, 0.2) is 0 Å². The molecule has 0 aliphatic carbocycles. The van der Waals surface area contributed by atoms with Crippen molar-refractivity contribution >= 4 is 27.5 Å². The number of nitrogens with zero attached hydrogens (tertiary/aromatic N) is 1. The molecule has 7 heteroatoms. The lowest BCUT2D eigenvalue weighted by molar-refractivity contribution is 0.0736. The van der Waals surface area contributed by atoms with Gasteiger partial charge in [0, 0.05) is 29.7 Å². The lowest BCUT2D eigenvalue weighted by Gasteiger charge is -2.25. The second-order valence-electron chi connectivity index (χ2n) is 6.62. The van der Waals surface area contributed by atoms with Crippen molar-refractivity contribution in [2.45, 2.75) is 37.1 Å². The summed E-state index contributed by atoms with van der Waals surface area (Å²) >= 11 is 6.27. The lowest BCUT2D eigenvalue weighted by atomic mass is 10.0. The van der Waals surface area contributed by atoms with Crippen LogP contribution < -0.4 is 4.72 Å². The number of likely N-dealkylation sites (tertiary alicyclic amines) is 1. The molecule has 0 spiro atoms. The summed E-state index contributed by atoms with van der Waals surface area (Å²) in [6, 6.07) is 13.9. The standard InChI is InChI=1S/C20H23ClN2O3S/c1-2-22-27(25,26)18-11-9-15(10-12-18)20(24)23-13-5-7-17(23)14-16-6-3-4-8-19(16)21/h3-4,6,8-12,17,22H,2,5,7,13-14H2,1H3. The third-order valence-corrected chi connectivity index (χ3v) is 6.73. The van der Waals surface area contributed by atoms with Gasteiger partial charge in [-0.3, -0.25) is 4.79 Å². The van der Waals surface area contributed by atoms with E-state index >= 15 is 0 Å². The predicted octanol–water partition coefficient (Wildman–Crippen LogP) is 3.49. The number of carbonyl (C=O) groups is 1. The van der Waals surface area contributed by atoms with Crippen LogP contribution in [0, 0.1) is 0 Å². The number of hydrogen-bond acceptors (Lipinski definition) is 3. The number of rotatable bonds is 6. The molecule has 0 radical (unpaired) electrons. The Morgan fingerprint density at radius 1 is 1.19 bits per heavy atom. The average molecular weight is 407 g/mol. The summed E-state index contributed by atoms with van der Waals surface area (Å²) in [5.41, 5.74) is 1.53. The minimum atomic E-state index is -3.52. The second-order valence-corrected chi connectivity index (χ2v) is 8.79. The van der Waals surface area contributed by atoms with Crippen LogP contribution >= 0.6 is 11.6 Å². The molecule has 0 saturated carbocycles. The van der Waals surface area contributed by atoms with Crippen LogP contribution in [-0.4, -0.2) is 38.4 Å². The maximum atomic E-state index is 12.9. The summed E-state index contributed by atoms with van der Waals surface area (Å²) in [5.74, 6) is -0.0723. The van der Waals surface area contributed by atoms with E-state index in [1.165, 1.54) is 12.1 Å². The van der Waals surface area contributed by atoms with Crippen LogP contribution in [0.25, 0.3) is 0 Å². The van der Waals surface area contributed by atoms with Crippen molar-refractivity contribution in [3.63, 3.8) is 0 Å². The summed E-state index contributed by atoms with van der Waals surface area (Å²) in [4.78, 5) is 15.0. The van der Waals surface area contributed by atoms with Crippen molar-refractivity contribution in [2.24, 2.45) is 0 Å². The number of sulfonamides is 1. The van der Waals surface area contributed by atoms with E-state index in [0.29, 0.717) is 18.7 Å². The lowest BCUT2D eigenvalue weighted by Crippen LogP contribution is -2.36. The number of carbonyl (C=O) groups excluding carboxylic acids is 1. The Hall–Kier alpha value is -1.89. The normalized spacial score (nSPS) is 17.3. The fourth-order valence-electron chi connectivity index (χ4n) is 3.45. The first kappa shape index (κ1) is 19.9. The molecule has 2 aromatic rings. The Kier molecular flexibility index (Phi) is 6.19.